The highest BCUT2D eigenvalue weighted by molar-refractivity contribution is 7.07. The molecule has 4 aromatic rings. The molecule has 0 unspecified atom stereocenters. The van der Waals surface area contributed by atoms with E-state index in [4.69, 9.17) is 9.73 Å². The van der Waals surface area contributed by atoms with Gasteiger partial charge >= 0.3 is 0 Å². The number of ether oxygens (including phenoxy) is 1. The maximum atomic E-state index is 13.8. The van der Waals surface area contributed by atoms with E-state index in [0.717, 1.165) is 40.8 Å². The number of benzene rings is 3. The number of nitrogens with zero attached hydrogens (tertiary/aromatic N) is 2. The average molecular weight is 469 g/mol. The minimum Gasteiger partial charge on any atom is -0.496 e. The van der Waals surface area contributed by atoms with Crippen molar-refractivity contribution in [1.29, 1.82) is 0 Å². The summed E-state index contributed by atoms with van der Waals surface area (Å²) in [6.45, 7) is 0. The van der Waals surface area contributed by atoms with Crippen molar-refractivity contribution < 1.29 is 9.13 Å². The lowest BCUT2D eigenvalue weighted by atomic mass is 9.83. The summed E-state index contributed by atoms with van der Waals surface area (Å²) in [5, 5.41) is 0. The Hall–Kier alpha value is -3.77. The molecule has 0 amide bonds. The minimum atomic E-state index is -0.319. The number of methoxy groups -OCH3 is 1. The van der Waals surface area contributed by atoms with Crippen molar-refractivity contribution in [2.24, 2.45) is 4.99 Å². The Bertz CT molecular complexity index is 1630. The lowest BCUT2D eigenvalue weighted by molar-refractivity contribution is 0.414. The van der Waals surface area contributed by atoms with Gasteiger partial charge < -0.3 is 4.74 Å². The number of hydrogen-bond acceptors (Lipinski definition) is 4. The normalized spacial score (nSPS) is 17.0. The van der Waals surface area contributed by atoms with Crippen molar-refractivity contribution in [3.8, 4) is 5.75 Å². The van der Waals surface area contributed by atoms with Crippen LogP contribution < -0.4 is 19.6 Å². The molecule has 2 aliphatic rings. The highest BCUT2D eigenvalue weighted by atomic mass is 32.1. The van der Waals surface area contributed by atoms with Crippen LogP contribution in [0.2, 0.25) is 0 Å². The fraction of sp³-hybridized carbons (Fsp3) is 0.143. The maximum Gasteiger partial charge on any atom is 0.271 e. The van der Waals surface area contributed by atoms with E-state index in [1.165, 1.54) is 29.0 Å². The van der Waals surface area contributed by atoms with E-state index in [0.29, 0.717) is 15.1 Å². The number of allylic oxidation sites excluding steroid dienone is 1. The van der Waals surface area contributed by atoms with Crippen LogP contribution in [0.4, 0.5) is 4.39 Å². The van der Waals surface area contributed by atoms with Gasteiger partial charge in [-0.05, 0) is 53.8 Å². The van der Waals surface area contributed by atoms with Crippen molar-refractivity contribution in [2.75, 3.05) is 7.11 Å². The fourth-order valence-corrected chi connectivity index (χ4v) is 5.89. The first kappa shape index (κ1) is 20.8. The fourth-order valence-electron chi connectivity index (χ4n) is 4.89. The van der Waals surface area contributed by atoms with Crippen LogP contribution in [-0.2, 0) is 6.42 Å². The van der Waals surface area contributed by atoms with Crippen LogP contribution >= 0.6 is 11.3 Å². The van der Waals surface area contributed by atoms with E-state index in [1.807, 2.05) is 42.5 Å². The molecule has 1 aliphatic heterocycles. The van der Waals surface area contributed by atoms with E-state index < -0.39 is 0 Å². The Balaban J connectivity index is 1.63. The van der Waals surface area contributed by atoms with Crippen LogP contribution in [0.3, 0.4) is 0 Å². The molecule has 1 aliphatic carbocycles. The Morgan fingerprint density at radius 1 is 1.03 bits per heavy atom. The number of aryl methyl sites for hydroxylation is 1. The molecule has 0 N–H and O–H groups in total. The molecule has 0 saturated carbocycles. The van der Waals surface area contributed by atoms with Crippen LogP contribution in [0.15, 0.2) is 88.2 Å². The van der Waals surface area contributed by atoms with Gasteiger partial charge in [-0.2, -0.15) is 0 Å². The molecule has 2 heterocycles. The van der Waals surface area contributed by atoms with Crippen LogP contribution in [0.25, 0.3) is 11.8 Å². The van der Waals surface area contributed by atoms with E-state index in [9.17, 15) is 9.18 Å². The minimum absolute atomic E-state index is 0.102. The van der Waals surface area contributed by atoms with E-state index in [-0.39, 0.29) is 17.4 Å². The predicted octanol–water partition coefficient (Wildman–Crippen LogP) is 4.47. The van der Waals surface area contributed by atoms with Crippen molar-refractivity contribution in [1.82, 2.24) is 4.57 Å². The number of hydrogen-bond donors (Lipinski definition) is 0. The summed E-state index contributed by atoms with van der Waals surface area (Å²) >= 11 is 1.37. The van der Waals surface area contributed by atoms with Crippen LogP contribution in [0, 0.1) is 5.82 Å². The number of halogens is 1. The second-order valence-electron chi connectivity index (χ2n) is 8.41. The number of rotatable bonds is 3. The van der Waals surface area contributed by atoms with Gasteiger partial charge in [0.15, 0.2) is 4.80 Å². The summed E-state index contributed by atoms with van der Waals surface area (Å²) in [4.78, 5) is 19.4. The number of thiazole rings is 1. The van der Waals surface area contributed by atoms with Crippen molar-refractivity contribution in [2.45, 2.75) is 18.9 Å². The first-order valence-electron chi connectivity index (χ1n) is 11.2. The average Bonchev–Trinajstić information content (AvgIpc) is 3.18. The predicted molar refractivity (Wildman–Crippen MR) is 132 cm³/mol. The largest absolute Gasteiger partial charge is 0.496 e. The van der Waals surface area contributed by atoms with Crippen molar-refractivity contribution in [3.63, 3.8) is 0 Å². The lowest BCUT2D eigenvalue weighted by Crippen LogP contribution is -2.38. The quantitative estimate of drug-likeness (QED) is 0.446. The standard InChI is InChI=1S/C28H21FN2O2S/c1-33-23-9-5-3-7-19(23)16-24-27(32)31-26(18-10-13-20(29)14-11-18)22-15-12-17-6-2-4-8-21(17)25(22)30-28(31)34-24/h2-11,13-14,16,26H,12,15H2,1H3/b24-16-/t26-/m1/s1. The first-order valence-corrected chi connectivity index (χ1v) is 12.0. The summed E-state index contributed by atoms with van der Waals surface area (Å²) in [6, 6.07) is 22.1. The van der Waals surface area contributed by atoms with Gasteiger partial charge in [-0.1, -0.05) is 65.9 Å². The Kier molecular flexibility index (Phi) is 5.03. The molecule has 0 bridgehead atoms. The molecule has 4 nitrogen and oxygen atoms in total. The molecule has 34 heavy (non-hydrogen) atoms. The van der Waals surface area contributed by atoms with Crippen LogP contribution in [0.5, 0.6) is 5.75 Å². The Morgan fingerprint density at radius 2 is 1.79 bits per heavy atom. The van der Waals surface area contributed by atoms with Crippen LogP contribution in [-0.4, -0.2) is 11.7 Å². The van der Waals surface area contributed by atoms with Crippen LogP contribution in [0.1, 0.15) is 34.7 Å². The van der Waals surface area contributed by atoms with E-state index in [1.54, 1.807) is 23.8 Å². The second kappa shape index (κ2) is 8.22. The molecule has 1 aromatic heterocycles. The molecule has 1 atom stereocenters. The van der Waals surface area contributed by atoms with Gasteiger partial charge in [-0.25, -0.2) is 9.38 Å². The maximum absolute atomic E-state index is 13.8. The molecule has 0 fully saturated rings. The van der Waals surface area contributed by atoms with Gasteiger partial charge in [0.25, 0.3) is 5.56 Å². The first-order chi connectivity index (χ1) is 16.6. The zero-order valence-corrected chi connectivity index (χ0v) is 19.3. The summed E-state index contributed by atoms with van der Waals surface area (Å²) in [5.74, 6) is 0.409. The zero-order valence-electron chi connectivity index (χ0n) is 18.5. The Labute approximate surface area is 199 Å². The summed E-state index contributed by atoms with van der Waals surface area (Å²) in [7, 11) is 1.62. The van der Waals surface area contributed by atoms with Gasteiger partial charge in [0.2, 0.25) is 0 Å². The van der Waals surface area contributed by atoms with Gasteiger partial charge in [-0.15, -0.1) is 0 Å². The highest BCUT2D eigenvalue weighted by Crippen LogP contribution is 2.41. The molecular weight excluding hydrogens is 447 g/mol. The molecule has 0 saturated heterocycles. The molecule has 6 heteroatoms. The number of aromatic nitrogens is 1. The lowest BCUT2D eigenvalue weighted by Gasteiger charge is -2.30. The van der Waals surface area contributed by atoms with Gasteiger partial charge in [0.05, 0.1) is 23.4 Å². The van der Waals surface area contributed by atoms with Gasteiger partial charge in [-0.3, -0.25) is 9.36 Å². The highest BCUT2D eigenvalue weighted by Gasteiger charge is 2.32. The number of fused-ring (bicyclic) bond motifs is 3. The summed E-state index contributed by atoms with van der Waals surface area (Å²) in [5.41, 5.74) is 6.02. The van der Waals surface area contributed by atoms with Crippen molar-refractivity contribution in [3.05, 3.63) is 126 Å². The van der Waals surface area contributed by atoms with Gasteiger partial charge in [0.1, 0.15) is 11.6 Å². The second-order valence-corrected chi connectivity index (χ2v) is 9.42. The summed E-state index contributed by atoms with van der Waals surface area (Å²) < 4.78 is 21.6. The zero-order chi connectivity index (χ0) is 23.2. The molecule has 0 radical (unpaired) electrons. The molecule has 168 valence electrons. The third-order valence-corrected chi connectivity index (χ3v) is 7.47. The van der Waals surface area contributed by atoms with E-state index in [2.05, 4.69) is 12.1 Å². The molecular formula is C28H21FN2O2S. The molecule has 6 rings (SSSR count). The summed E-state index contributed by atoms with van der Waals surface area (Å²) in [6.07, 6.45) is 3.54. The Morgan fingerprint density at radius 3 is 2.62 bits per heavy atom. The monoisotopic (exact) mass is 468 g/mol. The number of para-hydroxylation sites is 1. The SMILES string of the molecule is COc1ccccc1/C=c1\sc2n(c1=O)[C@H](c1ccc(F)cc1)C1=C(N=2)c2ccccc2CC1. The van der Waals surface area contributed by atoms with Gasteiger partial charge in [0, 0.05) is 11.1 Å². The molecule has 3 aromatic carbocycles. The van der Waals surface area contributed by atoms with E-state index >= 15 is 0 Å². The smallest absolute Gasteiger partial charge is 0.271 e. The third-order valence-electron chi connectivity index (χ3n) is 6.48. The third kappa shape index (κ3) is 3.33. The molecule has 0 spiro atoms. The topological polar surface area (TPSA) is 43.6 Å². The van der Waals surface area contributed by atoms with Crippen molar-refractivity contribution >= 4 is 23.1 Å².